The topological polar surface area (TPSA) is 89.8 Å². The Kier molecular flexibility index (Phi) is 4.85. The van der Waals surface area contributed by atoms with Gasteiger partial charge in [-0.25, -0.2) is 0 Å². The van der Waals surface area contributed by atoms with Gasteiger partial charge in [0.25, 0.3) is 5.91 Å². The van der Waals surface area contributed by atoms with Crippen LogP contribution in [-0.2, 0) is 14.3 Å². The van der Waals surface area contributed by atoms with E-state index in [9.17, 15) is 19.7 Å². The van der Waals surface area contributed by atoms with Gasteiger partial charge in [0.15, 0.2) is 6.61 Å². The summed E-state index contributed by atoms with van der Waals surface area (Å²) in [4.78, 5) is 34.9. The molecule has 108 valence electrons. The standard InChI is InChI=1S/C12H20N2O5/c1-7(2)13(8(3)4)11(15)6-19-12(16)9-5-10(9)14(17)18/h7-10H,5-6H2,1-4H3. The summed E-state index contributed by atoms with van der Waals surface area (Å²) in [5.41, 5.74) is 0. The fourth-order valence-electron chi connectivity index (χ4n) is 2.15. The van der Waals surface area contributed by atoms with E-state index < -0.39 is 22.9 Å². The van der Waals surface area contributed by atoms with Crippen molar-refractivity contribution in [3.05, 3.63) is 10.1 Å². The van der Waals surface area contributed by atoms with Crippen molar-refractivity contribution in [3.8, 4) is 0 Å². The molecule has 0 radical (unpaired) electrons. The molecular weight excluding hydrogens is 252 g/mol. The molecule has 2 unspecified atom stereocenters. The maximum atomic E-state index is 11.9. The molecule has 0 N–H and O–H groups in total. The van der Waals surface area contributed by atoms with Crippen LogP contribution in [-0.4, -0.2) is 46.4 Å². The number of nitro groups is 1. The highest BCUT2D eigenvalue weighted by molar-refractivity contribution is 5.82. The van der Waals surface area contributed by atoms with Crippen LogP contribution in [0.1, 0.15) is 34.1 Å². The van der Waals surface area contributed by atoms with Crippen molar-refractivity contribution in [3.63, 3.8) is 0 Å². The molecule has 0 bridgehead atoms. The minimum atomic E-state index is -0.839. The van der Waals surface area contributed by atoms with E-state index in [2.05, 4.69) is 0 Å². The summed E-state index contributed by atoms with van der Waals surface area (Å²) in [6, 6.07) is -0.814. The summed E-state index contributed by atoms with van der Waals surface area (Å²) in [5.74, 6) is -1.62. The van der Waals surface area contributed by atoms with Crippen LogP contribution in [0.25, 0.3) is 0 Å². The Hall–Kier alpha value is -1.66. The Morgan fingerprint density at radius 1 is 1.32 bits per heavy atom. The van der Waals surface area contributed by atoms with Crippen molar-refractivity contribution in [2.24, 2.45) is 5.92 Å². The lowest BCUT2D eigenvalue weighted by molar-refractivity contribution is -0.497. The van der Waals surface area contributed by atoms with Crippen molar-refractivity contribution in [2.75, 3.05) is 6.61 Å². The summed E-state index contributed by atoms with van der Waals surface area (Å²) < 4.78 is 4.85. The molecule has 0 aromatic carbocycles. The van der Waals surface area contributed by atoms with Gasteiger partial charge in [-0.05, 0) is 27.7 Å². The third kappa shape index (κ3) is 3.90. The van der Waals surface area contributed by atoms with E-state index in [1.807, 2.05) is 27.7 Å². The number of nitrogens with zero attached hydrogens (tertiary/aromatic N) is 2. The van der Waals surface area contributed by atoms with Crippen LogP contribution in [0.3, 0.4) is 0 Å². The van der Waals surface area contributed by atoms with E-state index >= 15 is 0 Å². The fraction of sp³-hybridized carbons (Fsp3) is 0.833. The number of hydrogen-bond donors (Lipinski definition) is 0. The minimum Gasteiger partial charge on any atom is -0.455 e. The monoisotopic (exact) mass is 272 g/mol. The average molecular weight is 272 g/mol. The zero-order chi connectivity index (χ0) is 14.7. The highest BCUT2D eigenvalue weighted by Crippen LogP contribution is 2.34. The lowest BCUT2D eigenvalue weighted by Gasteiger charge is -2.30. The van der Waals surface area contributed by atoms with Crippen LogP contribution in [0, 0.1) is 16.0 Å². The Labute approximate surface area is 112 Å². The van der Waals surface area contributed by atoms with Gasteiger partial charge in [0.05, 0.1) is 0 Å². The van der Waals surface area contributed by atoms with E-state index in [4.69, 9.17) is 4.74 Å². The first-order valence-electron chi connectivity index (χ1n) is 6.37. The molecule has 7 heteroatoms. The van der Waals surface area contributed by atoms with Crippen LogP contribution in [0.5, 0.6) is 0 Å². The maximum Gasteiger partial charge on any atom is 0.316 e. The molecule has 0 heterocycles. The predicted octanol–water partition coefficient (Wildman–Crippen LogP) is 0.840. The molecule has 1 rings (SSSR count). The Balaban J connectivity index is 2.42. The van der Waals surface area contributed by atoms with Crippen LogP contribution >= 0.6 is 0 Å². The second-order valence-corrected chi connectivity index (χ2v) is 5.29. The number of hydrogen-bond acceptors (Lipinski definition) is 5. The molecule has 1 saturated carbocycles. The lowest BCUT2D eigenvalue weighted by atomic mass is 10.2. The van der Waals surface area contributed by atoms with E-state index in [-0.39, 0.29) is 31.0 Å². The second-order valence-electron chi connectivity index (χ2n) is 5.29. The SMILES string of the molecule is CC(C)N(C(=O)COC(=O)C1CC1[N+](=O)[O-])C(C)C. The summed E-state index contributed by atoms with van der Waals surface area (Å²) >= 11 is 0. The Bertz CT molecular complexity index is 372. The van der Waals surface area contributed by atoms with E-state index in [0.29, 0.717) is 0 Å². The first kappa shape index (κ1) is 15.4. The molecule has 0 spiro atoms. The molecule has 1 aliphatic rings. The number of rotatable bonds is 6. The quantitative estimate of drug-likeness (QED) is 0.406. The van der Waals surface area contributed by atoms with Gasteiger partial charge in [0, 0.05) is 23.4 Å². The van der Waals surface area contributed by atoms with Crippen molar-refractivity contribution in [1.29, 1.82) is 0 Å². The Morgan fingerprint density at radius 2 is 1.84 bits per heavy atom. The summed E-state index contributed by atoms with van der Waals surface area (Å²) in [5, 5.41) is 10.4. The zero-order valence-electron chi connectivity index (χ0n) is 11.7. The fourth-order valence-corrected chi connectivity index (χ4v) is 2.15. The van der Waals surface area contributed by atoms with Crippen molar-refractivity contribution >= 4 is 11.9 Å². The lowest BCUT2D eigenvalue weighted by Crippen LogP contribution is -2.44. The Morgan fingerprint density at radius 3 is 2.21 bits per heavy atom. The summed E-state index contributed by atoms with van der Waals surface area (Å²) in [7, 11) is 0. The minimum absolute atomic E-state index is 0.0126. The number of carbonyl (C=O) groups is 2. The van der Waals surface area contributed by atoms with E-state index in [0.717, 1.165) is 0 Å². The molecule has 1 aliphatic carbocycles. The largest absolute Gasteiger partial charge is 0.455 e. The molecule has 19 heavy (non-hydrogen) atoms. The molecule has 0 aliphatic heterocycles. The number of esters is 1. The van der Waals surface area contributed by atoms with E-state index in [1.165, 1.54) is 0 Å². The van der Waals surface area contributed by atoms with Gasteiger partial charge < -0.3 is 9.64 Å². The predicted molar refractivity (Wildman–Crippen MR) is 67.0 cm³/mol. The van der Waals surface area contributed by atoms with Gasteiger partial charge >= 0.3 is 5.97 Å². The molecule has 2 atom stereocenters. The van der Waals surface area contributed by atoms with Gasteiger partial charge in [-0.2, -0.15) is 0 Å². The summed E-state index contributed by atoms with van der Waals surface area (Å²) in [6.45, 7) is 7.16. The molecule has 0 saturated heterocycles. The zero-order valence-corrected chi connectivity index (χ0v) is 11.7. The van der Waals surface area contributed by atoms with Gasteiger partial charge in [-0.15, -0.1) is 0 Å². The highest BCUT2D eigenvalue weighted by Gasteiger charge is 2.54. The van der Waals surface area contributed by atoms with Gasteiger partial charge in [-0.1, -0.05) is 0 Å². The normalized spacial score (nSPS) is 21.4. The highest BCUT2D eigenvalue weighted by atomic mass is 16.6. The van der Waals surface area contributed by atoms with Crippen LogP contribution in [0.2, 0.25) is 0 Å². The van der Waals surface area contributed by atoms with Crippen molar-refractivity contribution < 1.29 is 19.2 Å². The number of amides is 1. The van der Waals surface area contributed by atoms with Crippen molar-refractivity contribution in [1.82, 2.24) is 4.90 Å². The van der Waals surface area contributed by atoms with Crippen LogP contribution in [0.15, 0.2) is 0 Å². The van der Waals surface area contributed by atoms with Crippen LogP contribution < -0.4 is 0 Å². The van der Waals surface area contributed by atoms with E-state index in [1.54, 1.807) is 4.90 Å². The first-order valence-corrected chi connectivity index (χ1v) is 6.37. The van der Waals surface area contributed by atoms with Gasteiger partial charge in [-0.3, -0.25) is 19.7 Å². The molecule has 0 aromatic heterocycles. The maximum absolute atomic E-state index is 11.9. The van der Waals surface area contributed by atoms with Gasteiger partial charge in [0.1, 0.15) is 5.92 Å². The van der Waals surface area contributed by atoms with Crippen LogP contribution in [0.4, 0.5) is 0 Å². The first-order chi connectivity index (χ1) is 8.75. The average Bonchev–Trinajstić information content (AvgIpc) is 3.04. The summed E-state index contributed by atoms with van der Waals surface area (Å²) in [6.07, 6.45) is 0.206. The molecule has 0 aromatic rings. The third-order valence-corrected chi connectivity index (χ3v) is 3.07. The smallest absolute Gasteiger partial charge is 0.316 e. The third-order valence-electron chi connectivity index (χ3n) is 3.07. The number of carbonyl (C=O) groups excluding carboxylic acids is 2. The number of ether oxygens (including phenoxy) is 1. The molecule has 1 amide bonds. The molecular formula is C12H20N2O5. The second kappa shape index (κ2) is 5.99. The van der Waals surface area contributed by atoms with Crippen molar-refractivity contribution in [2.45, 2.75) is 52.2 Å². The molecule has 7 nitrogen and oxygen atoms in total. The van der Waals surface area contributed by atoms with Gasteiger partial charge in [0.2, 0.25) is 6.04 Å². The molecule has 1 fully saturated rings.